The normalized spacial score (nSPS) is 12.4. The lowest BCUT2D eigenvalue weighted by Crippen LogP contribution is -2.21. The molecule has 1 heterocycles. The van der Waals surface area contributed by atoms with Crippen LogP contribution >= 0.6 is 0 Å². The molecule has 0 saturated heterocycles. The van der Waals surface area contributed by atoms with Crippen molar-refractivity contribution in [3.05, 3.63) is 101 Å². The molecule has 0 saturated carbocycles. The summed E-state index contributed by atoms with van der Waals surface area (Å²) in [5.41, 5.74) is 0.873. The van der Waals surface area contributed by atoms with Crippen molar-refractivity contribution >= 4 is 21.4 Å². The topological polar surface area (TPSA) is 81.1 Å². The standard InChI is InChI=1S/C31H32F3N3O3S/c1-20-16-21(10-13-27(20)41(39,40)19-30(2,3)4)29(38)36-23-11-12-24(22(17-23)18-28-35-14-15-37(28)5)25-8-6-7-9-26(25)31(32,33)34/h6-17H,18-19H2,1-5H3,(H,36,38). The number of anilines is 1. The van der Waals surface area contributed by atoms with Crippen LogP contribution in [0.1, 0.15) is 53.6 Å². The predicted octanol–water partition coefficient (Wildman–Crippen LogP) is 7.08. The van der Waals surface area contributed by atoms with Crippen molar-refractivity contribution in [2.45, 2.75) is 45.2 Å². The zero-order valence-corrected chi connectivity index (χ0v) is 24.3. The molecule has 6 nitrogen and oxygen atoms in total. The molecule has 0 fully saturated rings. The highest BCUT2D eigenvalue weighted by Gasteiger charge is 2.34. The van der Waals surface area contributed by atoms with Crippen molar-refractivity contribution in [2.75, 3.05) is 11.1 Å². The number of hydrogen-bond acceptors (Lipinski definition) is 4. The maximum absolute atomic E-state index is 13.9. The minimum absolute atomic E-state index is 0.0322. The molecule has 4 aromatic rings. The molecule has 1 aromatic heterocycles. The first-order chi connectivity index (χ1) is 19.0. The van der Waals surface area contributed by atoms with Crippen LogP contribution in [0.25, 0.3) is 11.1 Å². The van der Waals surface area contributed by atoms with E-state index < -0.39 is 32.9 Å². The predicted molar refractivity (Wildman–Crippen MR) is 154 cm³/mol. The first kappa shape index (κ1) is 30.0. The lowest BCUT2D eigenvalue weighted by molar-refractivity contribution is -0.137. The SMILES string of the molecule is Cc1cc(C(=O)Nc2ccc(-c3ccccc3C(F)(F)F)c(Cc3nccn3C)c2)ccc1S(=O)(=O)CC(C)(C)C. The second-order valence-corrected chi connectivity index (χ2v) is 13.3. The van der Waals surface area contributed by atoms with Gasteiger partial charge < -0.3 is 9.88 Å². The van der Waals surface area contributed by atoms with Crippen LogP contribution in [0.5, 0.6) is 0 Å². The van der Waals surface area contributed by atoms with Gasteiger partial charge in [0.1, 0.15) is 5.82 Å². The highest BCUT2D eigenvalue weighted by atomic mass is 32.2. The van der Waals surface area contributed by atoms with E-state index in [4.69, 9.17) is 0 Å². The molecule has 0 bridgehead atoms. The maximum atomic E-state index is 13.9. The van der Waals surface area contributed by atoms with Crippen molar-refractivity contribution in [1.82, 2.24) is 9.55 Å². The number of nitrogens with one attached hydrogen (secondary N) is 1. The summed E-state index contributed by atoms with van der Waals surface area (Å²) < 4.78 is 69.1. The van der Waals surface area contributed by atoms with E-state index in [0.29, 0.717) is 28.2 Å². The summed E-state index contributed by atoms with van der Waals surface area (Å²) in [5, 5.41) is 2.80. The molecule has 41 heavy (non-hydrogen) atoms. The van der Waals surface area contributed by atoms with Crippen LogP contribution in [-0.2, 0) is 29.5 Å². The van der Waals surface area contributed by atoms with Gasteiger partial charge in [-0.15, -0.1) is 0 Å². The average Bonchev–Trinajstić information content (AvgIpc) is 3.26. The Bertz CT molecular complexity index is 1700. The third-order valence-corrected chi connectivity index (χ3v) is 8.92. The van der Waals surface area contributed by atoms with Gasteiger partial charge in [-0.1, -0.05) is 45.0 Å². The quantitative estimate of drug-likeness (QED) is 0.252. The first-order valence-electron chi connectivity index (χ1n) is 13.0. The van der Waals surface area contributed by atoms with Gasteiger partial charge in [-0.3, -0.25) is 4.79 Å². The number of nitrogens with zero attached hydrogens (tertiary/aromatic N) is 2. The van der Waals surface area contributed by atoms with Gasteiger partial charge in [-0.05, 0) is 71.0 Å². The van der Waals surface area contributed by atoms with Crippen LogP contribution in [0.3, 0.4) is 0 Å². The molecule has 0 atom stereocenters. The van der Waals surface area contributed by atoms with Gasteiger partial charge in [0.15, 0.2) is 9.84 Å². The number of hydrogen-bond donors (Lipinski definition) is 1. The van der Waals surface area contributed by atoms with E-state index in [0.717, 1.165) is 6.07 Å². The summed E-state index contributed by atoms with van der Waals surface area (Å²) in [6.07, 6.45) is -0.960. The van der Waals surface area contributed by atoms with Crippen LogP contribution in [0.15, 0.2) is 78.0 Å². The second-order valence-electron chi connectivity index (χ2n) is 11.3. The van der Waals surface area contributed by atoms with E-state index in [9.17, 15) is 26.4 Å². The molecular formula is C31H32F3N3O3S. The molecule has 0 aliphatic heterocycles. The number of imidazole rings is 1. The van der Waals surface area contributed by atoms with Crippen LogP contribution in [0.2, 0.25) is 0 Å². The molecule has 1 N–H and O–H groups in total. The number of benzene rings is 3. The van der Waals surface area contributed by atoms with Gasteiger partial charge in [-0.2, -0.15) is 13.2 Å². The van der Waals surface area contributed by atoms with E-state index in [1.165, 1.54) is 30.3 Å². The Balaban J connectivity index is 1.69. The van der Waals surface area contributed by atoms with Gasteiger partial charge in [0.2, 0.25) is 0 Å². The van der Waals surface area contributed by atoms with Crippen molar-refractivity contribution in [3.63, 3.8) is 0 Å². The summed E-state index contributed by atoms with van der Waals surface area (Å²) in [5.74, 6) is 0.135. The fourth-order valence-corrected chi connectivity index (χ4v) is 6.89. The smallest absolute Gasteiger partial charge is 0.338 e. The first-order valence-corrected chi connectivity index (χ1v) is 14.6. The summed E-state index contributed by atoms with van der Waals surface area (Å²) in [4.78, 5) is 17.6. The third-order valence-electron chi connectivity index (χ3n) is 6.55. The molecule has 0 radical (unpaired) electrons. The number of aryl methyl sites for hydroxylation is 2. The fraction of sp³-hybridized carbons (Fsp3) is 0.290. The average molecular weight is 584 g/mol. The molecule has 0 unspecified atom stereocenters. The Morgan fingerprint density at radius 3 is 2.29 bits per heavy atom. The minimum atomic E-state index is -4.55. The number of halogens is 3. The second kappa shape index (κ2) is 11.2. The van der Waals surface area contributed by atoms with Crippen LogP contribution in [0.4, 0.5) is 18.9 Å². The summed E-state index contributed by atoms with van der Waals surface area (Å²) >= 11 is 0. The largest absolute Gasteiger partial charge is 0.417 e. The molecule has 0 aliphatic carbocycles. The van der Waals surface area contributed by atoms with Crippen molar-refractivity contribution in [1.29, 1.82) is 0 Å². The number of amides is 1. The van der Waals surface area contributed by atoms with Gasteiger partial charge in [-0.25, -0.2) is 13.4 Å². The monoisotopic (exact) mass is 583 g/mol. The van der Waals surface area contributed by atoms with Crippen LogP contribution < -0.4 is 5.32 Å². The molecule has 1 amide bonds. The highest BCUT2D eigenvalue weighted by molar-refractivity contribution is 7.91. The minimum Gasteiger partial charge on any atom is -0.338 e. The van der Waals surface area contributed by atoms with Gasteiger partial charge >= 0.3 is 6.18 Å². The number of sulfone groups is 1. The Hall–Kier alpha value is -3.92. The number of rotatable bonds is 7. The van der Waals surface area contributed by atoms with E-state index in [1.54, 1.807) is 55.2 Å². The Kier molecular flexibility index (Phi) is 8.18. The lowest BCUT2D eigenvalue weighted by atomic mass is 9.93. The molecule has 10 heteroatoms. The zero-order chi connectivity index (χ0) is 30.2. The van der Waals surface area contributed by atoms with Crippen molar-refractivity contribution in [3.8, 4) is 11.1 Å². The molecule has 0 spiro atoms. The molecule has 3 aromatic carbocycles. The maximum Gasteiger partial charge on any atom is 0.417 e. The summed E-state index contributed by atoms with van der Waals surface area (Å²) in [7, 11) is -1.75. The molecule has 216 valence electrons. The van der Waals surface area contributed by atoms with Crippen LogP contribution in [-0.4, -0.2) is 29.6 Å². The zero-order valence-electron chi connectivity index (χ0n) is 23.5. The molecule has 4 rings (SSSR count). The van der Waals surface area contributed by atoms with Crippen LogP contribution in [0, 0.1) is 12.3 Å². The molecular weight excluding hydrogens is 551 g/mol. The Labute approximate surface area is 238 Å². The number of carbonyl (C=O) groups is 1. The summed E-state index contributed by atoms with van der Waals surface area (Å²) in [6, 6.07) is 14.6. The van der Waals surface area contributed by atoms with E-state index in [2.05, 4.69) is 10.3 Å². The van der Waals surface area contributed by atoms with Gasteiger partial charge in [0.25, 0.3) is 5.91 Å². The Morgan fingerprint density at radius 1 is 0.976 bits per heavy atom. The van der Waals surface area contributed by atoms with Crippen molar-refractivity contribution < 1.29 is 26.4 Å². The Morgan fingerprint density at radius 2 is 1.68 bits per heavy atom. The molecule has 0 aliphatic rings. The lowest BCUT2D eigenvalue weighted by Gasteiger charge is -2.19. The summed E-state index contributed by atoms with van der Waals surface area (Å²) in [6.45, 7) is 7.18. The highest BCUT2D eigenvalue weighted by Crippen LogP contribution is 2.39. The number of carbonyl (C=O) groups excluding carboxylic acids is 1. The number of alkyl halides is 3. The van der Waals surface area contributed by atoms with E-state index in [-0.39, 0.29) is 28.2 Å². The third kappa shape index (κ3) is 7.05. The van der Waals surface area contributed by atoms with E-state index >= 15 is 0 Å². The van der Waals surface area contributed by atoms with E-state index in [1.807, 2.05) is 20.8 Å². The van der Waals surface area contributed by atoms with Gasteiger partial charge in [0, 0.05) is 37.1 Å². The van der Waals surface area contributed by atoms with Crippen molar-refractivity contribution in [2.24, 2.45) is 12.5 Å². The van der Waals surface area contributed by atoms with Gasteiger partial charge in [0.05, 0.1) is 16.2 Å². The number of aromatic nitrogens is 2. The fourth-order valence-electron chi connectivity index (χ4n) is 4.77.